The van der Waals surface area contributed by atoms with Crippen molar-refractivity contribution < 1.29 is 9.53 Å². The first kappa shape index (κ1) is 22.0. The van der Waals surface area contributed by atoms with Crippen molar-refractivity contribution in [3.8, 4) is 17.3 Å². The molecule has 5 rings (SSSR count). The molecule has 168 valence electrons. The molecule has 0 spiro atoms. The summed E-state index contributed by atoms with van der Waals surface area (Å²) in [5, 5.41) is 14.8. The lowest BCUT2D eigenvalue weighted by Crippen LogP contribution is -2.26. The fourth-order valence-corrected chi connectivity index (χ4v) is 4.83. The number of nitrogens with one attached hydrogen (secondary N) is 1. The summed E-state index contributed by atoms with van der Waals surface area (Å²) in [6.07, 6.45) is 1.80. The summed E-state index contributed by atoms with van der Waals surface area (Å²) in [6.45, 7) is 3.40. The third-order valence-electron chi connectivity index (χ3n) is 5.81. The van der Waals surface area contributed by atoms with Crippen molar-refractivity contribution in [2.75, 3.05) is 28.7 Å². The maximum Gasteiger partial charge on any atom is 0.257 e. The Morgan fingerprint density at radius 1 is 1.15 bits per heavy atom. The van der Waals surface area contributed by atoms with E-state index in [0.717, 1.165) is 39.8 Å². The molecule has 3 aromatic carbocycles. The van der Waals surface area contributed by atoms with Gasteiger partial charge >= 0.3 is 0 Å². The number of anilines is 2. The second-order valence-corrected chi connectivity index (χ2v) is 8.90. The number of hydrogen-bond acceptors (Lipinski definition) is 6. The van der Waals surface area contributed by atoms with Crippen LogP contribution in [0, 0.1) is 18.3 Å². The molecule has 1 aromatic heterocycles. The third-order valence-corrected chi connectivity index (χ3v) is 6.79. The zero-order valence-corrected chi connectivity index (χ0v) is 19.4. The van der Waals surface area contributed by atoms with Gasteiger partial charge in [-0.05, 0) is 66.2 Å². The van der Waals surface area contributed by atoms with Crippen LogP contribution in [0.25, 0.3) is 22.0 Å². The van der Waals surface area contributed by atoms with Gasteiger partial charge in [0.05, 0.1) is 30.0 Å². The molecule has 34 heavy (non-hydrogen) atoms. The number of rotatable bonds is 4. The second kappa shape index (κ2) is 9.56. The van der Waals surface area contributed by atoms with E-state index in [2.05, 4.69) is 32.8 Å². The fraction of sp³-hybridized carbons (Fsp3) is 0.148. The number of benzene rings is 3. The standard InChI is InChI=1S/C27H22N4O2S/c1-18-6-7-21(15-25(18)26-23-5-3-2-4-19(23)10-11-29-26)30-27(32)24-9-8-22(14-20(24)16-28)31-12-13-33-17-34-31/h2-11,14-15H,12-13,17H2,1H3,(H,30,32). The lowest BCUT2D eigenvalue weighted by atomic mass is 9.99. The van der Waals surface area contributed by atoms with E-state index in [4.69, 9.17) is 4.74 Å². The van der Waals surface area contributed by atoms with Crippen molar-refractivity contribution in [2.24, 2.45) is 0 Å². The molecule has 1 fully saturated rings. The van der Waals surface area contributed by atoms with E-state index in [1.54, 1.807) is 30.3 Å². The Morgan fingerprint density at radius 3 is 2.85 bits per heavy atom. The summed E-state index contributed by atoms with van der Waals surface area (Å²) in [6, 6.07) is 23.4. The highest BCUT2D eigenvalue weighted by molar-refractivity contribution is 8.00. The molecule has 0 saturated carbocycles. The number of ether oxygens (including phenoxy) is 1. The minimum atomic E-state index is -0.321. The van der Waals surface area contributed by atoms with Crippen LogP contribution < -0.4 is 9.62 Å². The van der Waals surface area contributed by atoms with Crippen LogP contribution in [-0.2, 0) is 4.74 Å². The summed E-state index contributed by atoms with van der Waals surface area (Å²) in [5.41, 5.74) is 5.11. The number of hydrogen-bond donors (Lipinski definition) is 1. The lowest BCUT2D eigenvalue weighted by Gasteiger charge is -2.27. The molecule has 1 aliphatic rings. The Morgan fingerprint density at radius 2 is 2.03 bits per heavy atom. The van der Waals surface area contributed by atoms with Crippen LogP contribution in [-0.4, -0.2) is 30.0 Å². The molecule has 0 unspecified atom stereocenters. The predicted octanol–water partition coefficient (Wildman–Crippen LogP) is 5.78. The number of nitriles is 1. The Labute approximate surface area is 202 Å². The largest absolute Gasteiger partial charge is 0.367 e. The second-order valence-electron chi connectivity index (χ2n) is 7.96. The molecular weight excluding hydrogens is 444 g/mol. The highest BCUT2D eigenvalue weighted by Crippen LogP contribution is 2.31. The first-order chi connectivity index (χ1) is 16.6. The van der Waals surface area contributed by atoms with E-state index >= 15 is 0 Å². The van der Waals surface area contributed by atoms with E-state index < -0.39 is 0 Å². The zero-order chi connectivity index (χ0) is 23.5. The first-order valence-electron chi connectivity index (χ1n) is 10.9. The molecule has 0 bridgehead atoms. The number of aryl methyl sites for hydroxylation is 1. The quantitative estimate of drug-likeness (QED) is 0.384. The minimum absolute atomic E-state index is 0.321. The van der Waals surface area contributed by atoms with Crippen molar-refractivity contribution in [2.45, 2.75) is 6.92 Å². The van der Waals surface area contributed by atoms with Crippen LogP contribution in [0.4, 0.5) is 11.4 Å². The maximum absolute atomic E-state index is 13.1. The van der Waals surface area contributed by atoms with Gasteiger partial charge in [-0.3, -0.25) is 9.78 Å². The van der Waals surface area contributed by atoms with Crippen molar-refractivity contribution >= 4 is 40.0 Å². The van der Waals surface area contributed by atoms with Gasteiger partial charge in [-0.25, -0.2) is 0 Å². The normalized spacial score (nSPS) is 13.5. The van der Waals surface area contributed by atoms with Crippen molar-refractivity contribution in [1.82, 2.24) is 4.98 Å². The Bertz CT molecular complexity index is 1420. The monoisotopic (exact) mass is 466 g/mol. The number of fused-ring (bicyclic) bond motifs is 1. The van der Waals surface area contributed by atoms with Gasteiger partial charge in [0.2, 0.25) is 0 Å². The number of carbonyl (C=O) groups excluding carboxylic acids is 1. The van der Waals surface area contributed by atoms with Gasteiger partial charge in [0.15, 0.2) is 0 Å². The van der Waals surface area contributed by atoms with Crippen molar-refractivity contribution in [1.29, 1.82) is 5.26 Å². The average molecular weight is 467 g/mol. The highest BCUT2D eigenvalue weighted by Gasteiger charge is 2.18. The van der Waals surface area contributed by atoms with Gasteiger partial charge in [0, 0.05) is 28.5 Å². The average Bonchev–Trinajstić information content (AvgIpc) is 2.89. The highest BCUT2D eigenvalue weighted by atomic mass is 32.2. The smallest absolute Gasteiger partial charge is 0.257 e. The molecule has 1 amide bonds. The topological polar surface area (TPSA) is 78.3 Å². The van der Waals surface area contributed by atoms with Crippen molar-refractivity contribution in [3.05, 3.63) is 89.6 Å². The van der Waals surface area contributed by atoms with E-state index in [0.29, 0.717) is 29.4 Å². The van der Waals surface area contributed by atoms with E-state index in [-0.39, 0.29) is 5.91 Å². The van der Waals surface area contributed by atoms with E-state index in [9.17, 15) is 10.1 Å². The van der Waals surface area contributed by atoms with E-state index in [1.165, 1.54) is 0 Å². The number of carbonyl (C=O) groups is 1. The van der Waals surface area contributed by atoms with Gasteiger partial charge < -0.3 is 14.4 Å². The van der Waals surface area contributed by atoms with Gasteiger partial charge in [-0.15, -0.1) is 0 Å². The summed E-state index contributed by atoms with van der Waals surface area (Å²) in [4.78, 5) is 17.7. The first-order valence-corrected chi connectivity index (χ1v) is 11.9. The molecule has 0 radical (unpaired) electrons. The van der Waals surface area contributed by atoms with Crippen LogP contribution in [0.2, 0.25) is 0 Å². The molecular formula is C27H22N4O2S. The zero-order valence-electron chi connectivity index (χ0n) is 18.6. The van der Waals surface area contributed by atoms with Gasteiger partial charge in [0.25, 0.3) is 5.91 Å². The van der Waals surface area contributed by atoms with Crippen LogP contribution in [0.1, 0.15) is 21.5 Å². The van der Waals surface area contributed by atoms with Crippen LogP contribution >= 0.6 is 11.9 Å². The molecule has 1 aliphatic heterocycles. The van der Waals surface area contributed by atoms with Crippen LogP contribution in [0.3, 0.4) is 0 Å². The molecule has 2 heterocycles. The Hall–Kier alpha value is -3.86. The number of aromatic nitrogens is 1. The maximum atomic E-state index is 13.1. The number of amides is 1. The number of nitrogens with zero attached hydrogens (tertiary/aromatic N) is 3. The Kier molecular flexibility index (Phi) is 6.17. The summed E-state index contributed by atoms with van der Waals surface area (Å²) in [7, 11) is 0. The summed E-state index contributed by atoms with van der Waals surface area (Å²) >= 11 is 1.55. The molecule has 0 aliphatic carbocycles. The SMILES string of the molecule is Cc1ccc(NC(=O)c2ccc(N3CCOCS3)cc2C#N)cc1-c1nccc2ccccc12. The Balaban J connectivity index is 1.44. The van der Waals surface area contributed by atoms with Crippen LogP contribution in [0.5, 0.6) is 0 Å². The van der Waals surface area contributed by atoms with Crippen molar-refractivity contribution in [3.63, 3.8) is 0 Å². The van der Waals surface area contributed by atoms with E-state index in [1.807, 2.05) is 49.4 Å². The molecule has 7 heteroatoms. The molecule has 1 N–H and O–H groups in total. The molecule has 4 aromatic rings. The third kappa shape index (κ3) is 4.34. The fourth-order valence-electron chi connectivity index (χ4n) is 4.04. The number of pyridine rings is 1. The summed E-state index contributed by atoms with van der Waals surface area (Å²) < 4.78 is 7.45. The van der Waals surface area contributed by atoms with Crippen LogP contribution in [0.15, 0.2) is 72.9 Å². The molecule has 1 saturated heterocycles. The molecule has 6 nitrogen and oxygen atoms in total. The summed E-state index contributed by atoms with van der Waals surface area (Å²) in [5.74, 6) is 0.254. The predicted molar refractivity (Wildman–Crippen MR) is 137 cm³/mol. The van der Waals surface area contributed by atoms with Gasteiger partial charge in [-0.1, -0.05) is 30.3 Å². The molecule has 0 atom stereocenters. The lowest BCUT2D eigenvalue weighted by molar-refractivity contribution is 0.102. The minimum Gasteiger partial charge on any atom is -0.367 e. The van der Waals surface area contributed by atoms with Gasteiger partial charge in [0.1, 0.15) is 12.0 Å². The van der Waals surface area contributed by atoms with Gasteiger partial charge in [-0.2, -0.15) is 5.26 Å².